The Bertz CT molecular complexity index is 1770. The van der Waals surface area contributed by atoms with Gasteiger partial charge in [-0.2, -0.15) is 5.10 Å². The van der Waals surface area contributed by atoms with Crippen molar-refractivity contribution < 1.29 is 18.4 Å². The number of amides is 2. The number of anilines is 3. The van der Waals surface area contributed by atoms with Gasteiger partial charge in [-0.1, -0.05) is 31.0 Å². The van der Waals surface area contributed by atoms with Gasteiger partial charge in [0.2, 0.25) is 11.8 Å². The van der Waals surface area contributed by atoms with Crippen LogP contribution in [-0.2, 0) is 9.59 Å². The zero-order chi connectivity index (χ0) is 30.8. The minimum absolute atomic E-state index is 0.110. The maximum absolute atomic E-state index is 14.8. The van der Waals surface area contributed by atoms with E-state index in [1.54, 1.807) is 29.4 Å². The lowest BCUT2D eigenvalue weighted by Crippen LogP contribution is -2.38. The number of carbonyl (C=O) groups is 2. The molecule has 6 rings (SSSR count). The van der Waals surface area contributed by atoms with Crippen LogP contribution < -0.4 is 10.6 Å². The number of aromatic nitrogens is 3. The van der Waals surface area contributed by atoms with E-state index >= 15 is 0 Å². The Morgan fingerprint density at radius 2 is 1.91 bits per heavy atom. The van der Waals surface area contributed by atoms with Crippen LogP contribution in [0.3, 0.4) is 0 Å². The van der Waals surface area contributed by atoms with Crippen molar-refractivity contribution in [3.63, 3.8) is 0 Å². The van der Waals surface area contributed by atoms with Gasteiger partial charge in [-0.15, -0.1) is 5.10 Å². The zero-order valence-corrected chi connectivity index (χ0v) is 24.6. The van der Waals surface area contributed by atoms with Gasteiger partial charge < -0.3 is 15.5 Å². The lowest BCUT2D eigenvalue weighted by molar-refractivity contribution is -0.129. The first kappa shape index (κ1) is 29.4. The van der Waals surface area contributed by atoms with E-state index in [1.807, 2.05) is 37.3 Å². The smallest absolute Gasteiger partial charge is 0.247 e. The number of rotatable bonds is 4. The number of benzene rings is 2. The molecule has 0 saturated heterocycles. The second-order valence-corrected chi connectivity index (χ2v) is 11.4. The molecule has 2 bridgehead atoms. The second-order valence-electron chi connectivity index (χ2n) is 11.0. The average Bonchev–Trinajstić information content (AvgIpc) is 3.02. The number of nitrogens with zero attached hydrogens (tertiary/aromatic N) is 4. The van der Waals surface area contributed by atoms with Crippen LogP contribution in [-0.4, -0.2) is 38.4 Å². The van der Waals surface area contributed by atoms with Gasteiger partial charge in [0.25, 0.3) is 0 Å². The lowest BCUT2D eigenvalue weighted by Gasteiger charge is -2.34. The molecule has 0 aliphatic carbocycles. The molecule has 2 aliphatic rings. The van der Waals surface area contributed by atoms with Crippen LogP contribution in [0, 0.1) is 17.6 Å². The first-order valence-corrected chi connectivity index (χ1v) is 14.8. The van der Waals surface area contributed by atoms with Gasteiger partial charge in [0.05, 0.1) is 28.0 Å². The highest BCUT2D eigenvalue weighted by atomic mass is 35.5. The Morgan fingerprint density at radius 1 is 1.05 bits per heavy atom. The van der Waals surface area contributed by atoms with Gasteiger partial charge in [-0.25, -0.2) is 8.78 Å². The van der Waals surface area contributed by atoms with Crippen molar-refractivity contribution in [1.82, 2.24) is 20.1 Å². The van der Waals surface area contributed by atoms with Crippen LogP contribution in [0.15, 0.2) is 73.1 Å². The fourth-order valence-corrected chi connectivity index (χ4v) is 5.90. The summed E-state index contributed by atoms with van der Waals surface area (Å²) < 4.78 is 29.4. The van der Waals surface area contributed by atoms with Gasteiger partial charge in [0.15, 0.2) is 11.6 Å². The molecule has 4 aromatic rings. The third-order valence-corrected chi connectivity index (χ3v) is 8.35. The minimum Gasteiger partial charge on any atom is -0.339 e. The Hall–Kier alpha value is -4.70. The Morgan fingerprint density at radius 3 is 2.70 bits per heavy atom. The number of nitrogens with one attached hydrogen (secondary N) is 2. The summed E-state index contributed by atoms with van der Waals surface area (Å²) in [6, 6.07) is 14.9. The number of hydrogen-bond acceptors (Lipinski definition) is 6. The van der Waals surface area contributed by atoms with Gasteiger partial charge in [-0.3, -0.25) is 14.6 Å². The first-order valence-electron chi connectivity index (χ1n) is 14.4. The third kappa shape index (κ3) is 6.03. The minimum atomic E-state index is -0.875. The van der Waals surface area contributed by atoms with Crippen LogP contribution in [0.4, 0.5) is 26.0 Å². The van der Waals surface area contributed by atoms with Crippen molar-refractivity contribution in [3.8, 4) is 11.1 Å². The maximum atomic E-state index is 14.8. The van der Waals surface area contributed by atoms with E-state index in [4.69, 9.17) is 11.6 Å². The molecule has 0 spiro atoms. The van der Waals surface area contributed by atoms with Crippen LogP contribution in [0.1, 0.15) is 49.9 Å². The average molecular weight is 615 g/mol. The first-order chi connectivity index (χ1) is 21.3. The molecule has 2 aliphatic heterocycles. The molecule has 0 radical (unpaired) electrons. The van der Waals surface area contributed by atoms with Crippen molar-refractivity contribution in [1.29, 1.82) is 0 Å². The second kappa shape index (κ2) is 12.5. The SMILES string of the molecule is CC1CCC[C@H](N2CCC(c3c(F)ccc(Cl)c3F)=CC2=O)c2cc(ccn2)-c2ccc(Nc3cccnn3)cc2NC1=O. The Labute approximate surface area is 258 Å². The van der Waals surface area contributed by atoms with Crippen LogP contribution in [0.25, 0.3) is 16.7 Å². The van der Waals surface area contributed by atoms with Crippen molar-refractivity contribution in [2.75, 3.05) is 17.2 Å². The molecule has 11 heteroatoms. The monoisotopic (exact) mass is 614 g/mol. The topological polar surface area (TPSA) is 100 Å². The quantitative estimate of drug-likeness (QED) is 0.234. The van der Waals surface area contributed by atoms with Crippen molar-refractivity contribution in [2.24, 2.45) is 5.92 Å². The zero-order valence-electron chi connectivity index (χ0n) is 23.9. The summed E-state index contributed by atoms with van der Waals surface area (Å²) in [6.45, 7) is 2.13. The summed E-state index contributed by atoms with van der Waals surface area (Å²) in [6.07, 6.45) is 6.64. The normalized spacial score (nSPS) is 18.8. The summed E-state index contributed by atoms with van der Waals surface area (Å²) in [5.74, 6) is -1.83. The van der Waals surface area contributed by atoms with Crippen LogP contribution in [0.2, 0.25) is 5.02 Å². The number of fused-ring (bicyclic) bond motifs is 4. The van der Waals surface area contributed by atoms with E-state index in [0.29, 0.717) is 36.5 Å². The highest BCUT2D eigenvalue weighted by Crippen LogP contribution is 2.38. The van der Waals surface area contributed by atoms with E-state index in [9.17, 15) is 18.4 Å². The highest BCUT2D eigenvalue weighted by Gasteiger charge is 2.31. The van der Waals surface area contributed by atoms with E-state index in [1.165, 1.54) is 6.08 Å². The fourth-order valence-electron chi connectivity index (χ4n) is 5.74. The summed E-state index contributed by atoms with van der Waals surface area (Å²) in [4.78, 5) is 33.1. The van der Waals surface area contributed by atoms with E-state index in [0.717, 1.165) is 28.9 Å². The van der Waals surface area contributed by atoms with E-state index in [2.05, 4.69) is 25.8 Å². The molecular weight excluding hydrogens is 586 g/mol. The third-order valence-electron chi connectivity index (χ3n) is 8.06. The maximum Gasteiger partial charge on any atom is 0.247 e. The number of carbonyl (C=O) groups excluding carboxylic acids is 2. The van der Waals surface area contributed by atoms with Crippen LogP contribution in [0.5, 0.6) is 0 Å². The molecule has 2 aromatic heterocycles. The number of halogens is 3. The Kier molecular flexibility index (Phi) is 8.34. The highest BCUT2D eigenvalue weighted by molar-refractivity contribution is 6.31. The molecule has 2 atom stereocenters. The number of pyridine rings is 1. The van der Waals surface area contributed by atoms with Gasteiger partial charge in [-0.05, 0) is 78.9 Å². The largest absolute Gasteiger partial charge is 0.339 e. The van der Waals surface area contributed by atoms with Crippen molar-refractivity contribution in [3.05, 3.63) is 101 Å². The number of hydrogen-bond donors (Lipinski definition) is 2. The standard InChI is InChI=1S/C33H29ClF2N6O2/c1-19-4-2-5-28(42-15-12-21(17-30(42)43)31-25(35)10-9-24(34)32(31)36)27-16-20(11-14-37-27)23-8-7-22(18-26(23)40-33(19)44)39-29-6-3-13-38-41-29/h3,6-11,13-14,16-19,28H,2,4-5,12,15H2,1H3,(H,39,41)(H,40,44)/t19?,28-/m0/s1. The predicted molar refractivity (Wildman–Crippen MR) is 165 cm³/mol. The molecule has 224 valence electrons. The molecule has 1 unspecified atom stereocenters. The molecule has 2 amide bonds. The lowest BCUT2D eigenvalue weighted by atomic mass is 9.92. The van der Waals surface area contributed by atoms with Crippen molar-refractivity contribution >= 4 is 46.2 Å². The van der Waals surface area contributed by atoms with E-state index < -0.39 is 17.7 Å². The van der Waals surface area contributed by atoms with E-state index in [-0.39, 0.29) is 46.9 Å². The van der Waals surface area contributed by atoms with Crippen molar-refractivity contribution in [2.45, 2.75) is 38.6 Å². The van der Waals surface area contributed by atoms with Gasteiger partial charge >= 0.3 is 0 Å². The van der Waals surface area contributed by atoms with Crippen LogP contribution >= 0.6 is 11.6 Å². The molecule has 0 fully saturated rings. The van der Waals surface area contributed by atoms with Gasteiger partial charge in [0.1, 0.15) is 5.82 Å². The molecule has 2 N–H and O–H groups in total. The molecule has 0 saturated carbocycles. The fraction of sp³-hybridized carbons (Fsp3) is 0.242. The predicted octanol–water partition coefficient (Wildman–Crippen LogP) is 7.33. The molecule has 8 nitrogen and oxygen atoms in total. The summed E-state index contributed by atoms with van der Waals surface area (Å²) in [5, 5.41) is 14.1. The molecule has 2 aromatic carbocycles. The summed E-state index contributed by atoms with van der Waals surface area (Å²) in [7, 11) is 0. The summed E-state index contributed by atoms with van der Waals surface area (Å²) in [5.41, 5.74) is 3.65. The van der Waals surface area contributed by atoms with Gasteiger partial charge in [0, 0.05) is 42.2 Å². The molecule has 44 heavy (non-hydrogen) atoms. The molecular formula is C33H29ClF2N6O2. The summed E-state index contributed by atoms with van der Waals surface area (Å²) >= 11 is 5.91. The molecule has 4 heterocycles. The Balaban J connectivity index is 1.36.